The lowest BCUT2D eigenvalue weighted by molar-refractivity contribution is -0.123. The van der Waals surface area contributed by atoms with Crippen LogP contribution in [0.1, 0.15) is 12.0 Å². The van der Waals surface area contributed by atoms with Gasteiger partial charge in [-0.05, 0) is 48.2 Å². The molecule has 0 aliphatic carbocycles. The molecule has 0 saturated carbocycles. The minimum atomic E-state index is -0.817. The van der Waals surface area contributed by atoms with Crippen LogP contribution >= 0.6 is 11.8 Å². The van der Waals surface area contributed by atoms with Gasteiger partial charge in [-0.1, -0.05) is 6.07 Å². The Balaban J connectivity index is 1.56. The first-order valence-corrected chi connectivity index (χ1v) is 10.6. The van der Waals surface area contributed by atoms with Gasteiger partial charge in [0.15, 0.2) is 11.5 Å². The van der Waals surface area contributed by atoms with Gasteiger partial charge in [-0.15, -0.1) is 11.8 Å². The number of anilines is 1. The van der Waals surface area contributed by atoms with E-state index in [0.717, 1.165) is 10.5 Å². The molecule has 162 valence electrons. The molecule has 0 radical (unpaired) electrons. The van der Waals surface area contributed by atoms with E-state index in [4.69, 9.17) is 9.47 Å². The van der Waals surface area contributed by atoms with E-state index in [9.17, 15) is 9.59 Å². The highest BCUT2D eigenvalue weighted by Gasteiger charge is 2.28. The standard InChI is InChI=1S/C21H23N5O4S/c1-29-17-8-7-13(9-18(17)30-2)12-22-26-21-24-16(20(28)25-21)11-19(27)23-14-5-4-6-15(10-14)31-3/h4-10,12,16H,11H2,1-3H3,(H,23,27)(H2,24,25,26,28)/b22-12+. The largest absolute Gasteiger partial charge is 0.493 e. The van der Waals surface area contributed by atoms with Crippen LogP contribution in [0.5, 0.6) is 11.5 Å². The number of carbonyl (C=O) groups excluding carboxylic acids is 2. The Morgan fingerprint density at radius 1 is 1.23 bits per heavy atom. The number of ether oxygens (including phenoxy) is 2. The first kappa shape index (κ1) is 22.2. The number of hydrogen-bond donors (Lipinski definition) is 3. The summed E-state index contributed by atoms with van der Waals surface area (Å²) in [6.07, 6.45) is 3.44. The molecule has 1 aliphatic heterocycles. The van der Waals surface area contributed by atoms with E-state index in [0.29, 0.717) is 17.2 Å². The van der Waals surface area contributed by atoms with Crippen molar-refractivity contribution in [3.8, 4) is 11.5 Å². The van der Waals surface area contributed by atoms with Crippen molar-refractivity contribution in [3.05, 3.63) is 48.0 Å². The molecule has 3 rings (SSSR count). The second kappa shape index (κ2) is 10.5. The highest BCUT2D eigenvalue weighted by molar-refractivity contribution is 7.98. The van der Waals surface area contributed by atoms with Crippen LogP contribution in [0.25, 0.3) is 0 Å². The maximum Gasteiger partial charge on any atom is 0.252 e. The van der Waals surface area contributed by atoms with Crippen molar-refractivity contribution in [2.45, 2.75) is 17.4 Å². The van der Waals surface area contributed by atoms with E-state index in [1.165, 1.54) is 0 Å². The fraction of sp³-hybridized carbons (Fsp3) is 0.238. The van der Waals surface area contributed by atoms with Crippen molar-refractivity contribution in [2.75, 3.05) is 25.8 Å². The van der Waals surface area contributed by atoms with Crippen LogP contribution in [0.15, 0.2) is 57.5 Å². The summed E-state index contributed by atoms with van der Waals surface area (Å²) < 4.78 is 10.4. The topological polar surface area (TPSA) is 113 Å². The smallest absolute Gasteiger partial charge is 0.252 e. The minimum absolute atomic E-state index is 0.0695. The van der Waals surface area contributed by atoms with Gasteiger partial charge < -0.3 is 14.8 Å². The third-order valence-electron chi connectivity index (χ3n) is 4.35. The highest BCUT2D eigenvalue weighted by atomic mass is 32.2. The van der Waals surface area contributed by atoms with Crippen molar-refractivity contribution in [1.29, 1.82) is 0 Å². The van der Waals surface area contributed by atoms with Gasteiger partial charge in [0.2, 0.25) is 11.9 Å². The average Bonchev–Trinajstić information content (AvgIpc) is 3.12. The van der Waals surface area contributed by atoms with Gasteiger partial charge in [0, 0.05) is 10.6 Å². The number of rotatable bonds is 8. The lowest BCUT2D eigenvalue weighted by atomic mass is 10.2. The molecule has 0 saturated heterocycles. The first-order chi connectivity index (χ1) is 15.0. The molecule has 0 spiro atoms. The monoisotopic (exact) mass is 441 g/mol. The molecule has 1 heterocycles. The summed E-state index contributed by atoms with van der Waals surface area (Å²) >= 11 is 1.58. The summed E-state index contributed by atoms with van der Waals surface area (Å²) in [5.41, 5.74) is 4.12. The molecule has 1 atom stereocenters. The Hall–Kier alpha value is -3.53. The van der Waals surface area contributed by atoms with Gasteiger partial charge in [-0.3, -0.25) is 14.9 Å². The van der Waals surface area contributed by atoms with Gasteiger partial charge in [-0.25, -0.2) is 10.4 Å². The summed E-state index contributed by atoms with van der Waals surface area (Å²) in [4.78, 5) is 29.7. The Kier molecular flexibility index (Phi) is 7.50. The van der Waals surface area contributed by atoms with E-state index in [1.807, 2.05) is 24.5 Å². The van der Waals surface area contributed by atoms with Crippen LogP contribution in [0.3, 0.4) is 0 Å². The normalized spacial score (nSPS) is 15.4. The Morgan fingerprint density at radius 2 is 2.03 bits per heavy atom. The summed E-state index contributed by atoms with van der Waals surface area (Å²) in [6, 6.07) is 12.0. The molecule has 9 nitrogen and oxygen atoms in total. The molecule has 10 heteroatoms. The molecule has 2 amide bonds. The molecule has 2 aromatic carbocycles. The van der Waals surface area contributed by atoms with Crippen LogP contribution in [-0.2, 0) is 9.59 Å². The van der Waals surface area contributed by atoms with E-state index in [-0.39, 0.29) is 24.2 Å². The predicted octanol–water partition coefficient (Wildman–Crippen LogP) is 2.23. The van der Waals surface area contributed by atoms with Crippen LogP contribution in [0.2, 0.25) is 0 Å². The molecule has 3 N–H and O–H groups in total. The molecule has 0 aromatic heterocycles. The fourth-order valence-corrected chi connectivity index (χ4v) is 3.29. The van der Waals surface area contributed by atoms with Crippen molar-refractivity contribution in [3.63, 3.8) is 0 Å². The molecule has 1 unspecified atom stereocenters. The first-order valence-electron chi connectivity index (χ1n) is 9.36. The predicted molar refractivity (Wildman–Crippen MR) is 121 cm³/mol. The third-order valence-corrected chi connectivity index (χ3v) is 5.08. The second-order valence-electron chi connectivity index (χ2n) is 6.45. The van der Waals surface area contributed by atoms with Gasteiger partial charge in [0.1, 0.15) is 6.04 Å². The molecular weight excluding hydrogens is 418 g/mol. The Morgan fingerprint density at radius 3 is 2.77 bits per heavy atom. The number of guanidine groups is 1. The minimum Gasteiger partial charge on any atom is -0.493 e. The zero-order valence-electron chi connectivity index (χ0n) is 17.3. The summed E-state index contributed by atoms with van der Waals surface area (Å²) in [7, 11) is 3.11. The second-order valence-corrected chi connectivity index (χ2v) is 7.33. The van der Waals surface area contributed by atoms with Gasteiger partial charge in [0.25, 0.3) is 5.91 Å². The van der Waals surface area contributed by atoms with E-state index in [1.54, 1.807) is 56.5 Å². The van der Waals surface area contributed by atoms with E-state index in [2.05, 4.69) is 26.2 Å². The number of aliphatic imine (C=N–C) groups is 1. The Labute approximate surface area is 184 Å². The number of hydrogen-bond acceptors (Lipinski definition) is 8. The number of methoxy groups -OCH3 is 2. The molecular formula is C21H23N5O4S. The van der Waals surface area contributed by atoms with Crippen LogP contribution in [0, 0.1) is 0 Å². The number of nitrogens with zero attached hydrogens (tertiary/aromatic N) is 2. The molecule has 2 aromatic rings. The van der Waals surface area contributed by atoms with Gasteiger partial charge >= 0.3 is 0 Å². The van der Waals surface area contributed by atoms with Crippen molar-refractivity contribution < 1.29 is 19.1 Å². The quantitative estimate of drug-likeness (QED) is 0.329. The van der Waals surface area contributed by atoms with Gasteiger partial charge in [-0.2, -0.15) is 5.10 Å². The number of nitrogens with one attached hydrogen (secondary N) is 3. The fourth-order valence-electron chi connectivity index (χ4n) is 2.83. The third kappa shape index (κ3) is 5.98. The number of amides is 2. The van der Waals surface area contributed by atoms with Gasteiger partial charge in [0.05, 0.1) is 26.9 Å². The maximum absolute atomic E-state index is 12.3. The number of hydrazone groups is 1. The lowest BCUT2D eigenvalue weighted by Gasteiger charge is -2.07. The molecule has 1 aliphatic rings. The van der Waals surface area contributed by atoms with Crippen LogP contribution < -0.4 is 25.5 Å². The zero-order chi connectivity index (χ0) is 22.2. The molecule has 31 heavy (non-hydrogen) atoms. The van der Waals surface area contributed by atoms with Crippen LogP contribution in [-0.4, -0.2) is 50.5 Å². The van der Waals surface area contributed by atoms with Crippen LogP contribution in [0.4, 0.5) is 5.69 Å². The molecule has 0 bridgehead atoms. The summed E-state index contributed by atoms with van der Waals surface area (Å²) in [5.74, 6) is 0.714. The van der Waals surface area contributed by atoms with Crippen molar-refractivity contribution in [2.24, 2.45) is 10.1 Å². The molecule has 0 fully saturated rings. The number of benzene rings is 2. The average molecular weight is 442 g/mol. The number of thioether (sulfide) groups is 1. The highest BCUT2D eigenvalue weighted by Crippen LogP contribution is 2.26. The van der Waals surface area contributed by atoms with Crippen molar-refractivity contribution in [1.82, 2.24) is 10.7 Å². The lowest BCUT2D eigenvalue weighted by Crippen LogP contribution is -2.35. The van der Waals surface area contributed by atoms with E-state index >= 15 is 0 Å². The zero-order valence-corrected chi connectivity index (χ0v) is 18.2. The number of carbonyl (C=O) groups is 2. The summed E-state index contributed by atoms with van der Waals surface area (Å²) in [6.45, 7) is 0. The summed E-state index contributed by atoms with van der Waals surface area (Å²) in [5, 5.41) is 9.44. The maximum atomic E-state index is 12.3. The SMILES string of the molecule is COc1ccc(/C=N/NC2=NC(CC(=O)Nc3cccc(SC)c3)C(=O)N2)cc1OC. The van der Waals surface area contributed by atoms with Crippen molar-refractivity contribution >= 4 is 41.4 Å². The van der Waals surface area contributed by atoms with E-state index < -0.39 is 6.04 Å². The Bertz CT molecular complexity index is 1020.